The highest BCUT2D eigenvalue weighted by molar-refractivity contribution is 14.1. The third kappa shape index (κ3) is 266. The number of carbonyl (C=O) groups is 6. The highest BCUT2D eigenvalue weighted by atomic mass is 127. The fraction of sp³-hybridized carbons (Fsp3) is 0.786. The maximum atomic E-state index is 11.7. The monoisotopic (exact) mass is 1090 g/mol. The number of nitrogens with two attached hydrogens (primary N) is 1. The predicted molar refractivity (Wildman–Crippen MR) is 211 cm³/mol. The van der Waals surface area contributed by atoms with Crippen LogP contribution in [0.2, 0.25) is 0 Å². The molecule has 62 heavy (non-hydrogen) atoms. The summed E-state index contributed by atoms with van der Waals surface area (Å²) >= 11 is 0.311. The molecule has 8 N–H and O–H groups in total. The number of carboxylic acids is 2. The summed E-state index contributed by atoms with van der Waals surface area (Å²) < 4.78 is 137. The molecule has 0 saturated heterocycles. The van der Waals surface area contributed by atoms with Gasteiger partial charge in [-0.3, -0.25) is 19.1 Å². The second kappa shape index (κ2) is 92.9. The van der Waals surface area contributed by atoms with Crippen LogP contribution >= 0.6 is 22.6 Å². The van der Waals surface area contributed by atoms with E-state index in [1.165, 1.54) is 35.5 Å². The van der Waals surface area contributed by atoms with E-state index in [1.807, 2.05) is 0 Å². The quantitative estimate of drug-likeness (QED) is 0.0612. The van der Waals surface area contributed by atoms with Crippen LogP contribution in [0.5, 0.6) is 0 Å². The first-order chi connectivity index (χ1) is 26.9. The van der Waals surface area contributed by atoms with Crippen molar-refractivity contribution < 1.29 is 140 Å². The van der Waals surface area contributed by atoms with Gasteiger partial charge in [-0.1, -0.05) is 7.43 Å². The number of ether oxygens (including phenoxy) is 9. The predicted octanol–water partition coefficient (Wildman–Crippen LogP) is 1.84. The summed E-state index contributed by atoms with van der Waals surface area (Å²) in [5, 5.41) is 22.6. The van der Waals surface area contributed by atoms with Gasteiger partial charge in [0.15, 0.2) is 0 Å². The molecule has 0 bridgehead atoms. The molecule has 0 aromatic rings. The number of halogens is 9. The maximum Gasteiger partial charge on any atom is 0.428 e. The van der Waals surface area contributed by atoms with Crippen molar-refractivity contribution in [2.75, 3.05) is 125 Å². The standard InChI is InChI=1S/C3H3F4IO.2C3H5FO2.C3H7NO3.2C3H6O3.C2H3FO.3C2H6O.CH4O.CH4.FH.H3N.O3S/c1-9-3(6,7)2(4,5)8;2*1-6-2-3(4)5;1-6-2-3(5)7-4;2*1-6-2-3(4)5;1-2(3)4;3*1-3-2;1-2;;;;1-4(2)3/h1H3;2*2H2,1H3;2,4H2,1H3;2*2H2,1H3,(H,4,5);1H3;3*1-2H3;2H,1H3;1H4;1H;1H3;. The molecule has 0 saturated carbocycles. The van der Waals surface area contributed by atoms with E-state index in [2.05, 4.69) is 53.4 Å². The van der Waals surface area contributed by atoms with Gasteiger partial charge in [-0.15, -0.1) is 12.6 Å². The van der Waals surface area contributed by atoms with Crippen LogP contribution in [0.15, 0.2) is 0 Å². The van der Waals surface area contributed by atoms with E-state index in [9.17, 15) is 54.7 Å². The van der Waals surface area contributed by atoms with E-state index < -0.39 is 69.9 Å². The number of carbonyl (C=O) groups excluding carboxylic acids is 4. The van der Waals surface area contributed by atoms with Gasteiger partial charge in [-0.05, 0) is 0 Å². The van der Waals surface area contributed by atoms with E-state index in [0.717, 1.165) is 14.0 Å². The number of aliphatic hydroxyl groups excluding tert-OH is 1. The van der Waals surface area contributed by atoms with Crippen LogP contribution in [0.25, 0.3) is 0 Å². The zero-order valence-corrected chi connectivity index (χ0v) is 38.7. The molecule has 0 amide bonds. The minimum absolute atomic E-state index is 0. The first-order valence-electron chi connectivity index (χ1n) is 13.6. The topological polar surface area (TPSA) is 368 Å². The molecule has 0 aromatic carbocycles. The number of methoxy groups -OCH3 is 9. The number of carboxylic acid groups (broad SMARTS) is 2. The van der Waals surface area contributed by atoms with Crippen LogP contribution in [0.1, 0.15) is 14.4 Å². The lowest BCUT2D eigenvalue weighted by Gasteiger charge is -2.18. The maximum absolute atomic E-state index is 11.7. The number of alkyl halides is 5. The van der Waals surface area contributed by atoms with Crippen molar-refractivity contribution in [2.24, 2.45) is 5.90 Å². The van der Waals surface area contributed by atoms with E-state index in [-0.39, 0.29) is 38.1 Å². The van der Waals surface area contributed by atoms with Gasteiger partial charge >= 0.3 is 50.6 Å². The molecular formula is C28H65F8IN2O22S. The average Bonchev–Trinajstić information content (AvgIpc) is 3.07. The number of hydrogen-bond donors (Lipinski definition) is 5. The molecule has 0 unspecified atom stereocenters. The normalized spacial score (nSPS) is 7.94. The Hall–Kier alpha value is -3.27. The van der Waals surface area contributed by atoms with E-state index in [0.29, 0.717) is 29.7 Å². The molecule has 0 aromatic heterocycles. The van der Waals surface area contributed by atoms with Gasteiger partial charge in [-0.2, -0.15) is 36.6 Å². The van der Waals surface area contributed by atoms with Crippen LogP contribution in [-0.2, 0) is 86.8 Å². The second-order valence-electron chi connectivity index (χ2n) is 7.27. The van der Waals surface area contributed by atoms with Crippen molar-refractivity contribution in [2.45, 2.75) is 24.4 Å². The smallest absolute Gasteiger partial charge is 0.428 e. The van der Waals surface area contributed by atoms with Gasteiger partial charge < -0.3 is 68.9 Å². The van der Waals surface area contributed by atoms with E-state index in [4.69, 9.17) is 32.7 Å². The second-order valence-corrected chi connectivity index (χ2v) is 9.03. The van der Waals surface area contributed by atoms with Crippen molar-refractivity contribution >= 4 is 69.2 Å². The minimum atomic E-state index is -4.37. The fourth-order valence-corrected chi connectivity index (χ4v) is 0.962. The molecule has 0 atom stereocenters. The van der Waals surface area contributed by atoms with Gasteiger partial charge in [0.05, 0.1) is 0 Å². The fourth-order valence-electron chi connectivity index (χ4n) is 0.742. The zero-order valence-electron chi connectivity index (χ0n) is 35.8. The Kier molecular flexibility index (Phi) is 153. The SMILES string of the molecule is C.CC(=O)F.CO.COC.COC.COC.COC(F)(F)C(F)(F)I.COCC(=O)F.COCC(=O)F.COCC(=O)O.COCC(=O)O.COCC(=O)ON.F.N.O=S(=O)=O. The molecule has 0 aliphatic heterocycles. The molecule has 0 rings (SSSR count). The molecular weight excluding hydrogens is 1030 g/mol. The van der Waals surface area contributed by atoms with Crippen LogP contribution in [0.4, 0.5) is 35.4 Å². The van der Waals surface area contributed by atoms with Crippen molar-refractivity contribution in [3.8, 4) is 0 Å². The Labute approximate surface area is 370 Å². The highest BCUT2D eigenvalue weighted by Gasteiger charge is 2.55. The van der Waals surface area contributed by atoms with Crippen LogP contribution in [0.3, 0.4) is 0 Å². The number of hydrogen-bond acceptors (Lipinski definition) is 22. The summed E-state index contributed by atoms with van der Waals surface area (Å²) in [6.45, 7) is -0.503. The summed E-state index contributed by atoms with van der Waals surface area (Å²) in [7, 11) is 14.8. The van der Waals surface area contributed by atoms with E-state index in [1.54, 1.807) is 42.7 Å². The van der Waals surface area contributed by atoms with Crippen LogP contribution < -0.4 is 12.0 Å². The summed E-state index contributed by atoms with van der Waals surface area (Å²) in [5.41, 5.74) is 0. The van der Waals surface area contributed by atoms with Crippen molar-refractivity contribution in [1.82, 2.24) is 6.15 Å². The van der Waals surface area contributed by atoms with Crippen LogP contribution in [0, 0.1) is 0 Å². The summed E-state index contributed by atoms with van der Waals surface area (Å²) in [4.78, 5) is 59.9. The molecule has 24 nitrogen and oxygen atoms in total. The highest BCUT2D eigenvalue weighted by Crippen LogP contribution is 2.39. The molecule has 0 radical (unpaired) electrons. The van der Waals surface area contributed by atoms with Crippen LogP contribution in [-0.4, -0.2) is 199 Å². The first kappa shape index (κ1) is 102. The van der Waals surface area contributed by atoms with Crippen molar-refractivity contribution in [3.63, 3.8) is 0 Å². The molecule has 0 fully saturated rings. The van der Waals surface area contributed by atoms with Gasteiger partial charge in [0, 0.05) is 122 Å². The number of rotatable bonds is 12. The third-order valence-corrected chi connectivity index (χ3v) is 2.66. The average molecular weight is 1090 g/mol. The third-order valence-electron chi connectivity index (χ3n) is 2.03. The minimum Gasteiger partial charge on any atom is -0.480 e. The largest absolute Gasteiger partial charge is 0.480 e. The summed E-state index contributed by atoms with van der Waals surface area (Å²) in [6.07, 6.45) is -4.37. The molecule has 0 aliphatic rings. The Morgan fingerprint density at radius 3 is 0.774 bits per heavy atom. The Morgan fingerprint density at radius 1 is 0.581 bits per heavy atom. The summed E-state index contributed by atoms with van der Waals surface area (Å²) in [5.74, 6) is 2.00. The zero-order chi connectivity index (χ0) is 50.6. The molecule has 0 spiro atoms. The number of aliphatic hydroxyl groups is 1. The van der Waals surface area contributed by atoms with Gasteiger partial charge in [0.2, 0.25) is 0 Å². The lowest BCUT2D eigenvalue weighted by molar-refractivity contribution is -0.295. The Balaban J connectivity index is -0.0000000303. The molecule has 0 aliphatic carbocycles. The summed E-state index contributed by atoms with van der Waals surface area (Å²) in [6, 6.07) is -4.20. The Bertz CT molecular complexity index is 933. The lowest BCUT2D eigenvalue weighted by Crippen LogP contribution is -2.36. The first-order valence-corrected chi connectivity index (χ1v) is 15.7. The lowest BCUT2D eigenvalue weighted by atomic mass is 10.7. The molecule has 34 heteroatoms. The van der Waals surface area contributed by atoms with Crippen molar-refractivity contribution in [1.29, 1.82) is 0 Å². The van der Waals surface area contributed by atoms with E-state index >= 15 is 0 Å². The van der Waals surface area contributed by atoms with Crippen molar-refractivity contribution in [3.05, 3.63) is 0 Å². The Morgan fingerprint density at radius 2 is 0.758 bits per heavy atom. The molecule has 388 valence electrons. The van der Waals surface area contributed by atoms with Gasteiger partial charge in [0.1, 0.15) is 33.0 Å². The number of aliphatic carboxylic acids is 2. The molecule has 0 heterocycles. The van der Waals surface area contributed by atoms with Gasteiger partial charge in [0.25, 0.3) is 6.04 Å². The van der Waals surface area contributed by atoms with Gasteiger partial charge in [-0.25, -0.2) is 14.4 Å².